The molecule has 0 fully saturated rings. The summed E-state index contributed by atoms with van der Waals surface area (Å²) >= 11 is 1.24. The Balaban J connectivity index is 2.48. The van der Waals surface area contributed by atoms with Gasteiger partial charge in [-0.05, 0) is 36.1 Å². The van der Waals surface area contributed by atoms with Gasteiger partial charge in [-0.15, -0.1) is 11.3 Å². The number of aliphatic hydroxyl groups excluding tert-OH is 1. The van der Waals surface area contributed by atoms with Gasteiger partial charge in [0.2, 0.25) is 0 Å². The summed E-state index contributed by atoms with van der Waals surface area (Å²) in [5.74, 6) is -4.16. The van der Waals surface area contributed by atoms with Gasteiger partial charge in [-0.1, -0.05) is 0 Å². The molecule has 1 aromatic heterocycles. The summed E-state index contributed by atoms with van der Waals surface area (Å²) in [4.78, 5) is 0.523. The van der Waals surface area contributed by atoms with Gasteiger partial charge in [-0.3, -0.25) is 0 Å². The molecule has 5 heteroatoms. The molecule has 1 unspecified atom stereocenters. The zero-order valence-electron chi connectivity index (χ0n) is 8.88. The lowest BCUT2D eigenvalue weighted by Gasteiger charge is -2.12. The highest BCUT2D eigenvalue weighted by molar-refractivity contribution is 7.10. The first-order chi connectivity index (χ1) is 8.02. The Labute approximate surface area is 100 Å². The van der Waals surface area contributed by atoms with E-state index in [9.17, 15) is 18.3 Å². The van der Waals surface area contributed by atoms with Crippen molar-refractivity contribution in [3.63, 3.8) is 0 Å². The molecule has 0 radical (unpaired) electrons. The van der Waals surface area contributed by atoms with E-state index in [4.69, 9.17) is 0 Å². The topological polar surface area (TPSA) is 20.2 Å². The van der Waals surface area contributed by atoms with Crippen LogP contribution in [0.25, 0.3) is 0 Å². The van der Waals surface area contributed by atoms with E-state index >= 15 is 0 Å². The third-order valence-electron chi connectivity index (χ3n) is 2.51. The smallest absolute Gasteiger partial charge is 0.194 e. The molecule has 2 aromatic rings. The van der Waals surface area contributed by atoms with Crippen molar-refractivity contribution in [3.05, 3.63) is 57.0 Å². The summed E-state index contributed by atoms with van der Waals surface area (Å²) in [6.45, 7) is 1.76. The molecule has 0 aliphatic carbocycles. The lowest BCUT2D eigenvalue weighted by Crippen LogP contribution is -2.05. The molecule has 0 saturated carbocycles. The largest absolute Gasteiger partial charge is 0.383 e. The van der Waals surface area contributed by atoms with Crippen LogP contribution in [0.15, 0.2) is 23.6 Å². The fraction of sp³-hybridized carbons (Fsp3) is 0.167. The van der Waals surface area contributed by atoms with Crippen molar-refractivity contribution in [2.45, 2.75) is 13.0 Å². The molecule has 0 spiro atoms. The number of hydrogen-bond donors (Lipinski definition) is 1. The predicted molar refractivity (Wildman–Crippen MR) is 59.4 cm³/mol. The summed E-state index contributed by atoms with van der Waals surface area (Å²) in [6, 6.07) is 3.62. The number of aryl methyl sites for hydroxylation is 1. The van der Waals surface area contributed by atoms with Gasteiger partial charge in [0.25, 0.3) is 0 Å². The summed E-state index contributed by atoms with van der Waals surface area (Å²) in [7, 11) is 0. The van der Waals surface area contributed by atoms with Crippen LogP contribution in [0.1, 0.15) is 22.1 Å². The summed E-state index contributed by atoms with van der Waals surface area (Å²) in [5, 5.41) is 11.7. The van der Waals surface area contributed by atoms with Crippen LogP contribution in [-0.2, 0) is 0 Å². The van der Waals surface area contributed by atoms with E-state index in [0.29, 0.717) is 4.88 Å². The maximum absolute atomic E-state index is 13.5. The minimum atomic E-state index is -1.56. The van der Waals surface area contributed by atoms with Gasteiger partial charge < -0.3 is 5.11 Å². The quantitative estimate of drug-likeness (QED) is 0.817. The molecule has 17 heavy (non-hydrogen) atoms. The fourth-order valence-corrected chi connectivity index (χ4v) is 2.49. The molecular weight excluding hydrogens is 249 g/mol. The van der Waals surface area contributed by atoms with Gasteiger partial charge in [0.1, 0.15) is 6.10 Å². The molecule has 1 N–H and O–H groups in total. The number of benzene rings is 1. The Hall–Kier alpha value is -1.33. The molecule has 2 rings (SSSR count). The van der Waals surface area contributed by atoms with Crippen molar-refractivity contribution in [1.29, 1.82) is 0 Å². The van der Waals surface area contributed by atoms with Crippen LogP contribution in [0.2, 0.25) is 0 Å². The Kier molecular flexibility index (Phi) is 3.22. The first-order valence-electron chi connectivity index (χ1n) is 4.88. The van der Waals surface area contributed by atoms with Gasteiger partial charge in [-0.2, -0.15) is 0 Å². The third-order valence-corrected chi connectivity index (χ3v) is 3.58. The molecule has 1 nitrogen and oxygen atoms in total. The number of halogens is 3. The van der Waals surface area contributed by atoms with Crippen molar-refractivity contribution in [2.24, 2.45) is 0 Å². The highest BCUT2D eigenvalue weighted by atomic mass is 32.1. The Morgan fingerprint density at radius 3 is 2.41 bits per heavy atom. The molecular formula is C12H9F3OS. The van der Waals surface area contributed by atoms with Crippen LogP contribution in [0.3, 0.4) is 0 Å². The molecule has 1 atom stereocenters. The zero-order chi connectivity index (χ0) is 12.6. The van der Waals surface area contributed by atoms with Crippen LogP contribution in [0, 0.1) is 24.4 Å². The second kappa shape index (κ2) is 4.50. The maximum atomic E-state index is 13.5. The van der Waals surface area contributed by atoms with E-state index in [2.05, 4.69) is 0 Å². The van der Waals surface area contributed by atoms with Crippen molar-refractivity contribution in [3.8, 4) is 0 Å². The van der Waals surface area contributed by atoms with Gasteiger partial charge in [0, 0.05) is 10.4 Å². The summed E-state index contributed by atoms with van der Waals surface area (Å²) in [5.41, 5.74) is 0.529. The number of rotatable bonds is 2. The standard InChI is InChI=1S/C12H9F3OS/c1-6-4-5-17-12(6)11(16)7-2-3-8(13)10(15)9(7)14/h2-5,11,16H,1H3. The van der Waals surface area contributed by atoms with Crippen LogP contribution < -0.4 is 0 Å². The van der Waals surface area contributed by atoms with Gasteiger partial charge in [-0.25, -0.2) is 13.2 Å². The van der Waals surface area contributed by atoms with Crippen molar-refractivity contribution < 1.29 is 18.3 Å². The molecule has 0 saturated heterocycles. The SMILES string of the molecule is Cc1ccsc1C(O)c1ccc(F)c(F)c1F. The Bertz CT molecular complexity index is 551. The second-order valence-electron chi connectivity index (χ2n) is 3.63. The minimum Gasteiger partial charge on any atom is -0.383 e. The fourth-order valence-electron chi connectivity index (χ4n) is 1.56. The van der Waals surface area contributed by atoms with Gasteiger partial charge in [0.05, 0.1) is 0 Å². The lowest BCUT2D eigenvalue weighted by molar-refractivity contribution is 0.215. The van der Waals surface area contributed by atoms with E-state index in [0.717, 1.165) is 17.7 Å². The first-order valence-corrected chi connectivity index (χ1v) is 5.75. The minimum absolute atomic E-state index is 0.255. The van der Waals surface area contributed by atoms with E-state index in [1.54, 1.807) is 18.4 Å². The number of hydrogen-bond acceptors (Lipinski definition) is 2. The highest BCUT2D eigenvalue weighted by Gasteiger charge is 2.22. The van der Waals surface area contributed by atoms with Crippen LogP contribution in [0.5, 0.6) is 0 Å². The summed E-state index contributed by atoms with van der Waals surface area (Å²) in [6.07, 6.45) is -1.27. The normalized spacial score (nSPS) is 12.8. The first kappa shape index (κ1) is 12.1. The van der Waals surface area contributed by atoms with Crippen molar-refractivity contribution >= 4 is 11.3 Å². The van der Waals surface area contributed by atoms with Crippen LogP contribution in [0.4, 0.5) is 13.2 Å². The van der Waals surface area contributed by atoms with Gasteiger partial charge >= 0.3 is 0 Å². The van der Waals surface area contributed by atoms with E-state index in [-0.39, 0.29) is 5.56 Å². The molecule has 1 heterocycles. The number of aliphatic hydroxyl groups is 1. The average Bonchev–Trinajstić information content (AvgIpc) is 2.72. The number of thiophene rings is 1. The summed E-state index contributed by atoms with van der Waals surface area (Å²) < 4.78 is 39.3. The Morgan fingerprint density at radius 1 is 1.12 bits per heavy atom. The van der Waals surface area contributed by atoms with Crippen LogP contribution >= 0.6 is 11.3 Å². The zero-order valence-corrected chi connectivity index (χ0v) is 9.69. The second-order valence-corrected chi connectivity index (χ2v) is 4.58. The Morgan fingerprint density at radius 2 is 1.82 bits per heavy atom. The van der Waals surface area contributed by atoms with Gasteiger partial charge in [0.15, 0.2) is 17.5 Å². The third kappa shape index (κ3) is 2.08. The van der Waals surface area contributed by atoms with E-state index in [1.807, 2.05) is 0 Å². The lowest BCUT2D eigenvalue weighted by atomic mass is 10.0. The molecule has 0 bridgehead atoms. The van der Waals surface area contributed by atoms with E-state index < -0.39 is 23.6 Å². The maximum Gasteiger partial charge on any atom is 0.194 e. The predicted octanol–water partition coefficient (Wildman–Crippen LogP) is 3.56. The van der Waals surface area contributed by atoms with Crippen molar-refractivity contribution in [2.75, 3.05) is 0 Å². The molecule has 0 aliphatic heterocycles. The van der Waals surface area contributed by atoms with Crippen molar-refractivity contribution in [1.82, 2.24) is 0 Å². The van der Waals surface area contributed by atoms with Crippen LogP contribution in [-0.4, -0.2) is 5.11 Å². The molecule has 90 valence electrons. The monoisotopic (exact) mass is 258 g/mol. The molecule has 0 amide bonds. The molecule has 0 aliphatic rings. The molecule has 1 aromatic carbocycles. The average molecular weight is 258 g/mol. The highest BCUT2D eigenvalue weighted by Crippen LogP contribution is 2.31. The van der Waals surface area contributed by atoms with E-state index in [1.165, 1.54) is 11.3 Å².